The zero-order valence-corrected chi connectivity index (χ0v) is 10.4. The maximum absolute atomic E-state index is 11.8. The van der Waals surface area contributed by atoms with E-state index in [-0.39, 0.29) is 12.2 Å². The number of benzene rings is 1. The summed E-state index contributed by atoms with van der Waals surface area (Å²) in [5.74, 6) is -1.25. The minimum Gasteiger partial charge on any atom is -0.462 e. The number of allylic oxidation sites excluding steroid dienone is 1. The number of carbonyl (C=O) groups excluding carboxylic acids is 2. The third-order valence-electron chi connectivity index (χ3n) is 2.02. The molecule has 0 amide bonds. The van der Waals surface area contributed by atoms with Crippen molar-refractivity contribution in [2.24, 2.45) is 0 Å². The normalized spacial score (nSPS) is 10.6. The van der Waals surface area contributed by atoms with E-state index in [0.717, 1.165) is 6.08 Å². The lowest BCUT2D eigenvalue weighted by molar-refractivity contribution is -0.138. The number of esters is 1. The molecule has 0 bridgehead atoms. The Morgan fingerprint density at radius 2 is 2.00 bits per heavy atom. The Kier molecular flexibility index (Phi) is 5.09. The van der Waals surface area contributed by atoms with Crippen LogP contribution in [-0.4, -0.2) is 18.4 Å². The molecule has 0 fully saturated rings. The molecule has 0 aromatic heterocycles. The molecule has 0 unspecified atom stereocenters. The van der Waals surface area contributed by atoms with Crippen molar-refractivity contribution >= 4 is 23.4 Å². The zero-order chi connectivity index (χ0) is 13.5. The lowest BCUT2D eigenvalue weighted by Gasteiger charge is -1.99. The van der Waals surface area contributed by atoms with Gasteiger partial charge in [-0.2, -0.15) is 5.26 Å². The second kappa shape index (κ2) is 6.58. The summed E-state index contributed by atoms with van der Waals surface area (Å²) in [5, 5.41) is 9.27. The molecule has 4 nitrogen and oxygen atoms in total. The first-order valence-corrected chi connectivity index (χ1v) is 5.55. The van der Waals surface area contributed by atoms with Crippen molar-refractivity contribution in [1.82, 2.24) is 0 Å². The average molecular weight is 264 g/mol. The van der Waals surface area contributed by atoms with Crippen LogP contribution in [0.4, 0.5) is 0 Å². The van der Waals surface area contributed by atoms with Crippen LogP contribution in [0.15, 0.2) is 35.9 Å². The number of nitrogens with zero attached hydrogens (tertiary/aromatic N) is 1. The molecule has 0 N–H and O–H groups in total. The Balaban J connectivity index is 2.93. The third kappa shape index (κ3) is 3.72. The number of ether oxygens (including phenoxy) is 1. The topological polar surface area (TPSA) is 67.2 Å². The van der Waals surface area contributed by atoms with Crippen LogP contribution in [0.25, 0.3) is 0 Å². The van der Waals surface area contributed by atoms with Crippen molar-refractivity contribution in [1.29, 1.82) is 5.26 Å². The standard InChI is InChI=1S/C13H10ClNO3/c1-2-18-13(17)10(8-15)7-12(16)9-3-5-11(14)6-4-9/h3-7H,2H2,1H3/b10-7+. The van der Waals surface area contributed by atoms with Crippen LogP contribution < -0.4 is 0 Å². The molecule has 0 spiro atoms. The predicted molar refractivity (Wildman–Crippen MR) is 66.1 cm³/mol. The van der Waals surface area contributed by atoms with Crippen LogP contribution in [0.2, 0.25) is 5.02 Å². The predicted octanol–water partition coefficient (Wildman–Crippen LogP) is 2.54. The number of ketones is 1. The average Bonchev–Trinajstić information content (AvgIpc) is 2.36. The maximum Gasteiger partial charge on any atom is 0.349 e. The van der Waals surface area contributed by atoms with Crippen LogP contribution >= 0.6 is 11.6 Å². The van der Waals surface area contributed by atoms with Gasteiger partial charge in [-0.1, -0.05) is 11.6 Å². The van der Waals surface area contributed by atoms with Gasteiger partial charge in [0.1, 0.15) is 11.6 Å². The van der Waals surface area contributed by atoms with Gasteiger partial charge < -0.3 is 4.74 Å². The lowest BCUT2D eigenvalue weighted by Crippen LogP contribution is -2.08. The number of hydrogen-bond acceptors (Lipinski definition) is 4. The first-order chi connectivity index (χ1) is 8.58. The molecule has 0 radical (unpaired) electrons. The summed E-state index contributed by atoms with van der Waals surface area (Å²) in [6, 6.07) is 7.78. The van der Waals surface area contributed by atoms with Crippen LogP contribution in [-0.2, 0) is 9.53 Å². The number of rotatable bonds is 4. The molecule has 0 aliphatic carbocycles. The van der Waals surface area contributed by atoms with E-state index in [1.807, 2.05) is 0 Å². The summed E-state index contributed by atoms with van der Waals surface area (Å²) >= 11 is 5.69. The van der Waals surface area contributed by atoms with E-state index in [1.165, 1.54) is 12.1 Å². The van der Waals surface area contributed by atoms with E-state index in [4.69, 9.17) is 16.9 Å². The monoisotopic (exact) mass is 263 g/mol. The van der Waals surface area contributed by atoms with Gasteiger partial charge in [0.15, 0.2) is 5.78 Å². The van der Waals surface area contributed by atoms with Gasteiger partial charge in [0.05, 0.1) is 6.61 Å². The first-order valence-electron chi connectivity index (χ1n) is 5.17. The van der Waals surface area contributed by atoms with Crippen molar-refractivity contribution in [2.75, 3.05) is 6.61 Å². The minimum atomic E-state index is -0.803. The fourth-order valence-corrected chi connectivity index (χ4v) is 1.30. The highest BCUT2D eigenvalue weighted by atomic mass is 35.5. The van der Waals surface area contributed by atoms with Gasteiger partial charge in [0.25, 0.3) is 0 Å². The van der Waals surface area contributed by atoms with Gasteiger partial charge in [0.2, 0.25) is 0 Å². The highest BCUT2D eigenvalue weighted by Gasteiger charge is 2.12. The molecule has 0 saturated heterocycles. The molecule has 5 heteroatoms. The maximum atomic E-state index is 11.8. The molecule has 92 valence electrons. The summed E-state index contributed by atoms with van der Waals surface area (Å²) < 4.78 is 4.65. The molecule has 0 aliphatic rings. The summed E-state index contributed by atoms with van der Waals surface area (Å²) in [5.41, 5.74) is 0.0215. The summed E-state index contributed by atoms with van der Waals surface area (Å²) in [6.45, 7) is 1.76. The number of carbonyl (C=O) groups is 2. The Labute approximate surface area is 109 Å². The van der Waals surface area contributed by atoms with E-state index >= 15 is 0 Å². The molecule has 0 heterocycles. The number of halogens is 1. The molecule has 0 atom stereocenters. The van der Waals surface area contributed by atoms with Crippen molar-refractivity contribution < 1.29 is 14.3 Å². The van der Waals surface area contributed by atoms with Crippen molar-refractivity contribution in [3.8, 4) is 6.07 Å². The Bertz CT molecular complexity index is 526. The summed E-state index contributed by atoms with van der Waals surface area (Å²) in [4.78, 5) is 23.1. The van der Waals surface area contributed by atoms with Crippen molar-refractivity contribution in [3.05, 3.63) is 46.5 Å². The Hall–Kier alpha value is -2.12. The van der Waals surface area contributed by atoms with Crippen molar-refractivity contribution in [2.45, 2.75) is 6.92 Å². The molecule has 1 aromatic carbocycles. The molecular formula is C13H10ClNO3. The SMILES string of the molecule is CCOC(=O)/C(C#N)=C/C(=O)c1ccc(Cl)cc1. The van der Waals surface area contributed by atoms with Crippen LogP contribution in [0, 0.1) is 11.3 Å². The molecule has 1 aromatic rings. The summed E-state index contributed by atoms with van der Waals surface area (Å²) in [6.07, 6.45) is 0.960. The van der Waals surface area contributed by atoms with Gasteiger partial charge in [-0.05, 0) is 31.2 Å². The second-order valence-corrected chi connectivity index (χ2v) is 3.70. The summed E-state index contributed by atoms with van der Waals surface area (Å²) in [7, 11) is 0. The van der Waals surface area contributed by atoms with Gasteiger partial charge >= 0.3 is 5.97 Å². The molecular weight excluding hydrogens is 254 g/mol. The third-order valence-corrected chi connectivity index (χ3v) is 2.27. The fourth-order valence-electron chi connectivity index (χ4n) is 1.17. The van der Waals surface area contributed by atoms with E-state index in [0.29, 0.717) is 10.6 Å². The minimum absolute atomic E-state index is 0.146. The van der Waals surface area contributed by atoms with E-state index in [9.17, 15) is 9.59 Å². The molecule has 0 aliphatic heterocycles. The molecule has 18 heavy (non-hydrogen) atoms. The zero-order valence-electron chi connectivity index (χ0n) is 9.64. The Morgan fingerprint density at radius 3 is 2.50 bits per heavy atom. The fraction of sp³-hybridized carbons (Fsp3) is 0.154. The van der Waals surface area contributed by atoms with Crippen LogP contribution in [0.3, 0.4) is 0 Å². The van der Waals surface area contributed by atoms with Gasteiger partial charge in [-0.3, -0.25) is 4.79 Å². The largest absolute Gasteiger partial charge is 0.462 e. The second-order valence-electron chi connectivity index (χ2n) is 3.26. The van der Waals surface area contributed by atoms with Gasteiger partial charge in [0, 0.05) is 16.7 Å². The van der Waals surface area contributed by atoms with Crippen LogP contribution in [0.1, 0.15) is 17.3 Å². The number of hydrogen-bond donors (Lipinski definition) is 0. The van der Waals surface area contributed by atoms with E-state index in [2.05, 4.69) is 4.74 Å². The highest BCUT2D eigenvalue weighted by molar-refractivity contribution is 6.30. The first kappa shape index (κ1) is 13.9. The van der Waals surface area contributed by atoms with E-state index < -0.39 is 11.8 Å². The van der Waals surface area contributed by atoms with Gasteiger partial charge in [-0.25, -0.2) is 4.79 Å². The highest BCUT2D eigenvalue weighted by Crippen LogP contribution is 2.11. The number of nitriles is 1. The quantitative estimate of drug-likeness (QED) is 0.362. The van der Waals surface area contributed by atoms with Crippen LogP contribution in [0.5, 0.6) is 0 Å². The molecule has 0 saturated carbocycles. The van der Waals surface area contributed by atoms with Crippen molar-refractivity contribution in [3.63, 3.8) is 0 Å². The molecule has 1 rings (SSSR count). The smallest absolute Gasteiger partial charge is 0.349 e. The van der Waals surface area contributed by atoms with Gasteiger partial charge in [-0.15, -0.1) is 0 Å². The van der Waals surface area contributed by atoms with E-state index in [1.54, 1.807) is 25.1 Å². The Morgan fingerprint density at radius 1 is 1.39 bits per heavy atom. The lowest BCUT2D eigenvalue weighted by atomic mass is 10.1.